The van der Waals surface area contributed by atoms with Crippen molar-refractivity contribution in [1.29, 1.82) is 0 Å². The molecule has 0 rings (SSSR count). The molecule has 150 valence electrons. The third-order valence-electron chi connectivity index (χ3n) is 2.71. The molecular formula is C16H30N4O6. The molecule has 0 heterocycles. The Morgan fingerprint density at radius 3 is 1.31 bits per heavy atom. The molecule has 0 aromatic carbocycles. The predicted molar refractivity (Wildman–Crippen MR) is 93.7 cm³/mol. The van der Waals surface area contributed by atoms with Gasteiger partial charge in [-0.2, -0.15) is 0 Å². The Labute approximate surface area is 153 Å². The van der Waals surface area contributed by atoms with Gasteiger partial charge in [0.2, 0.25) is 11.8 Å². The van der Waals surface area contributed by atoms with Crippen molar-refractivity contribution >= 4 is 23.8 Å². The minimum absolute atomic E-state index is 0.0544. The molecule has 26 heavy (non-hydrogen) atoms. The van der Waals surface area contributed by atoms with Gasteiger partial charge in [-0.25, -0.2) is 9.59 Å². The van der Waals surface area contributed by atoms with E-state index in [0.717, 1.165) is 0 Å². The van der Waals surface area contributed by atoms with E-state index < -0.39 is 23.0 Å². The van der Waals surface area contributed by atoms with Crippen LogP contribution in [0.25, 0.3) is 0 Å². The van der Waals surface area contributed by atoms with Crippen molar-refractivity contribution in [2.75, 3.05) is 26.3 Å². The Morgan fingerprint density at radius 2 is 1.04 bits per heavy atom. The average Bonchev–Trinajstić information content (AvgIpc) is 2.44. The number of hydrogen-bond acceptors (Lipinski definition) is 8. The largest absolute Gasteiger partial charge is 0.455 e. The van der Waals surface area contributed by atoms with E-state index in [-0.39, 0.29) is 51.0 Å². The molecule has 10 nitrogen and oxygen atoms in total. The van der Waals surface area contributed by atoms with Crippen molar-refractivity contribution in [1.82, 2.24) is 10.6 Å². The molecule has 6 N–H and O–H groups in total. The highest BCUT2D eigenvalue weighted by molar-refractivity contribution is 6.29. The lowest BCUT2D eigenvalue weighted by molar-refractivity contribution is -0.167. The Hall–Kier alpha value is -2.20. The number of ether oxygens (including phenoxy) is 2. The number of rotatable bonds is 10. The molecule has 10 heteroatoms. The van der Waals surface area contributed by atoms with E-state index in [1.54, 1.807) is 27.7 Å². The van der Waals surface area contributed by atoms with E-state index in [1.807, 2.05) is 0 Å². The first-order valence-corrected chi connectivity index (χ1v) is 8.25. The summed E-state index contributed by atoms with van der Waals surface area (Å²) in [6.45, 7) is 6.60. The van der Waals surface area contributed by atoms with Crippen LogP contribution in [-0.4, -0.2) is 61.1 Å². The van der Waals surface area contributed by atoms with Gasteiger partial charge in [0.15, 0.2) is 0 Å². The van der Waals surface area contributed by atoms with E-state index in [0.29, 0.717) is 0 Å². The first kappa shape index (κ1) is 23.8. The number of esters is 2. The lowest BCUT2D eigenvalue weighted by Gasteiger charge is -2.17. The molecule has 0 bridgehead atoms. The summed E-state index contributed by atoms with van der Waals surface area (Å²) in [5.41, 5.74) is 10.1. The molecule has 0 fully saturated rings. The Balaban J connectivity index is 3.83. The number of carbonyl (C=O) groups is 4. The second kappa shape index (κ2) is 10.7. The molecule has 0 radical (unpaired) electrons. The summed E-state index contributed by atoms with van der Waals surface area (Å²) in [6, 6.07) is 0. The van der Waals surface area contributed by atoms with Crippen molar-refractivity contribution in [3.63, 3.8) is 0 Å². The van der Waals surface area contributed by atoms with Crippen molar-refractivity contribution in [3.05, 3.63) is 0 Å². The van der Waals surface area contributed by atoms with E-state index in [1.165, 1.54) is 0 Å². The Kier molecular flexibility index (Phi) is 9.81. The summed E-state index contributed by atoms with van der Waals surface area (Å²) < 4.78 is 9.33. The first-order chi connectivity index (χ1) is 11.8. The molecule has 0 aromatic rings. The van der Waals surface area contributed by atoms with Gasteiger partial charge >= 0.3 is 11.9 Å². The van der Waals surface area contributed by atoms with Crippen LogP contribution in [0.3, 0.4) is 0 Å². The van der Waals surface area contributed by atoms with Crippen molar-refractivity contribution in [2.24, 2.45) is 11.5 Å². The molecule has 0 aliphatic rings. The highest BCUT2D eigenvalue weighted by Crippen LogP contribution is 2.02. The van der Waals surface area contributed by atoms with Crippen LogP contribution >= 0.6 is 0 Å². The average molecular weight is 374 g/mol. The fourth-order valence-corrected chi connectivity index (χ4v) is 1.74. The molecular weight excluding hydrogens is 344 g/mol. The maximum Gasteiger partial charge on any atom is 0.417 e. The van der Waals surface area contributed by atoms with E-state index in [2.05, 4.69) is 20.1 Å². The summed E-state index contributed by atoms with van der Waals surface area (Å²) in [5, 5.41) is 5.02. The van der Waals surface area contributed by atoms with E-state index in [9.17, 15) is 19.2 Å². The highest BCUT2D eigenvalue weighted by Gasteiger charge is 2.19. The Morgan fingerprint density at radius 1 is 0.731 bits per heavy atom. The van der Waals surface area contributed by atoms with Crippen LogP contribution in [0.2, 0.25) is 0 Å². The number of carbonyl (C=O) groups excluding carboxylic acids is 4. The third kappa shape index (κ3) is 14.2. The van der Waals surface area contributed by atoms with Crippen LogP contribution in [0.5, 0.6) is 0 Å². The lowest BCUT2D eigenvalue weighted by atomic mass is 10.0. The SMILES string of the molecule is CC(C)(N)CC(=O)NCCOC(=O)C(=O)OCCNC(=O)CC(C)(C)N. The number of amides is 2. The quantitative estimate of drug-likeness (QED) is 0.205. The summed E-state index contributed by atoms with van der Waals surface area (Å²) in [5.74, 6) is -2.92. The number of hydrogen-bond donors (Lipinski definition) is 4. The summed E-state index contributed by atoms with van der Waals surface area (Å²) in [7, 11) is 0. The van der Waals surface area contributed by atoms with Crippen LogP contribution in [-0.2, 0) is 28.7 Å². The molecule has 0 spiro atoms. The maximum atomic E-state index is 11.5. The van der Waals surface area contributed by atoms with E-state index in [4.69, 9.17) is 11.5 Å². The van der Waals surface area contributed by atoms with E-state index >= 15 is 0 Å². The van der Waals surface area contributed by atoms with Gasteiger partial charge in [0.05, 0.1) is 13.1 Å². The fraction of sp³-hybridized carbons (Fsp3) is 0.750. The molecule has 0 aliphatic heterocycles. The zero-order valence-corrected chi connectivity index (χ0v) is 15.8. The number of nitrogens with two attached hydrogens (primary N) is 2. The Bertz CT molecular complexity index is 462. The first-order valence-electron chi connectivity index (χ1n) is 8.25. The molecule has 2 amide bonds. The van der Waals surface area contributed by atoms with Gasteiger partial charge in [0, 0.05) is 23.9 Å². The topological polar surface area (TPSA) is 163 Å². The molecule has 0 saturated carbocycles. The predicted octanol–water partition coefficient (Wildman–Crippen LogP) is -1.44. The second-order valence-corrected chi connectivity index (χ2v) is 7.30. The van der Waals surface area contributed by atoms with Crippen molar-refractivity contribution in [3.8, 4) is 0 Å². The summed E-state index contributed by atoms with van der Waals surface area (Å²) in [4.78, 5) is 45.8. The van der Waals surface area contributed by atoms with Gasteiger partial charge in [0.1, 0.15) is 13.2 Å². The number of nitrogens with one attached hydrogen (secondary N) is 2. The summed E-state index contributed by atoms with van der Waals surface area (Å²) in [6.07, 6.45) is 0.242. The molecule has 0 aliphatic carbocycles. The van der Waals surface area contributed by atoms with Gasteiger partial charge in [0.25, 0.3) is 0 Å². The minimum atomic E-state index is -1.17. The van der Waals surface area contributed by atoms with Crippen LogP contribution in [0.4, 0.5) is 0 Å². The van der Waals surface area contributed by atoms with Crippen LogP contribution in [0.15, 0.2) is 0 Å². The fourth-order valence-electron chi connectivity index (χ4n) is 1.74. The zero-order chi connectivity index (χ0) is 20.4. The maximum absolute atomic E-state index is 11.5. The van der Waals surface area contributed by atoms with Crippen LogP contribution in [0, 0.1) is 0 Å². The molecule has 0 atom stereocenters. The van der Waals surface area contributed by atoms with Crippen LogP contribution in [0.1, 0.15) is 40.5 Å². The molecule has 0 unspecified atom stereocenters. The van der Waals surface area contributed by atoms with Crippen molar-refractivity contribution < 1.29 is 28.7 Å². The van der Waals surface area contributed by atoms with Gasteiger partial charge in [-0.3, -0.25) is 9.59 Å². The second-order valence-electron chi connectivity index (χ2n) is 7.30. The minimum Gasteiger partial charge on any atom is -0.455 e. The van der Waals surface area contributed by atoms with Gasteiger partial charge in [-0.15, -0.1) is 0 Å². The standard InChI is InChI=1S/C16H30N4O6/c1-15(2,17)9-11(21)19-5-7-25-13(23)14(24)26-8-6-20-12(22)10-16(3,4)18/h5-10,17-18H2,1-4H3,(H,19,21)(H,20,22). The zero-order valence-electron chi connectivity index (χ0n) is 15.8. The molecule has 0 saturated heterocycles. The smallest absolute Gasteiger partial charge is 0.417 e. The highest BCUT2D eigenvalue weighted by atomic mass is 16.6. The van der Waals surface area contributed by atoms with Gasteiger partial charge in [-0.1, -0.05) is 0 Å². The van der Waals surface area contributed by atoms with Gasteiger partial charge < -0.3 is 31.6 Å². The normalized spacial score (nSPS) is 11.5. The third-order valence-corrected chi connectivity index (χ3v) is 2.71. The monoisotopic (exact) mass is 374 g/mol. The van der Waals surface area contributed by atoms with Crippen LogP contribution < -0.4 is 22.1 Å². The van der Waals surface area contributed by atoms with Gasteiger partial charge in [-0.05, 0) is 27.7 Å². The summed E-state index contributed by atoms with van der Waals surface area (Å²) >= 11 is 0. The van der Waals surface area contributed by atoms with Crippen molar-refractivity contribution in [2.45, 2.75) is 51.6 Å². The lowest BCUT2D eigenvalue weighted by Crippen LogP contribution is -2.40. The molecule has 0 aromatic heterocycles.